The van der Waals surface area contributed by atoms with Gasteiger partial charge in [0, 0.05) is 25.0 Å². The van der Waals surface area contributed by atoms with E-state index in [1.807, 2.05) is 37.4 Å². The van der Waals surface area contributed by atoms with Crippen molar-refractivity contribution in [3.05, 3.63) is 53.4 Å². The molecule has 2 aromatic heterocycles. The number of rotatable bonds is 3. The minimum absolute atomic E-state index is 0.537. The van der Waals surface area contributed by atoms with Crippen molar-refractivity contribution in [1.82, 2.24) is 19.9 Å². The van der Waals surface area contributed by atoms with Crippen LogP contribution in [0.1, 0.15) is 0 Å². The lowest BCUT2D eigenvalue weighted by molar-refractivity contribution is 1.10. The summed E-state index contributed by atoms with van der Waals surface area (Å²) in [5, 5.41) is 3.07. The Morgan fingerprint density at radius 2 is 1.86 bits per heavy atom. The predicted molar refractivity (Wildman–Crippen MR) is 85.7 cm³/mol. The molecule has 0 unspecified atom stereocenters. The van der Waals surface area contributed by atoms with Gasteiger partial charge in [-0.1, -0.05) is 30.3 Å². The lowest BCUT2D eigenvalue weighted by Gasteiger charge is -2.10. The summed E-state index contributed by atoms with van der Waals surface area (Å²) in [5.41, 5.74) is 2.46. The van der Waals surface area contributed by atoms with E-state index in [1.165, 1.54) is 0 Å². The van der Waals surface area contributed by atoms with Gasteiger partial charge in [-0.05, 0) is 15.9 Å². The van der Waals surface area contributed by atoms with Crippen LogP contribution in [-0.4, -0.2) is 27.0 Å². The van der Waals surface area contributed by atoms with Crippen molar-refractivity contribution in [3.8, 4) is 22.8 Å². The van der Waals surface area contributed by atoms with Crippen molar-refractivity contribution in [2.24, 2.45) is 0 Å². The number of nitrogens with one attached hydrogen (secondary N) is 1. The van der Waals surface area contributed by atoms with Crippen LogP contribution in [0, 0.1) is 0 Å². The van der Waals surface area contributed by atoms with Crippen molar-refractivity contribution >= 4 is 21.7 Å². The van der Waals surface area contributed by atoms with Crippen LogP contribution in [0.4, 0.5) is 5.82 Å². The highest BCUT2D eigenvalue weighted by atomic mass is 79.9. The lowest BCUT2D eigenvalue weighted by atomic mass is 10.1. The van der Waals surface area contributed by atoms with E-state index in [9.17, 15) is 0 Å². The van der Waals surface area contributed by atoms with E-state index < -0.39 is 0 Å². The molecule has 1 N–H and O–H groups in total. The second kappa shape index (κ2) is 5.97. The number of benzene rings is 1. The molecule has 5 nitrogen and oxygen atoms in total. The van der Waals surface area contributed by atoms with Crippen LogP contribution in [0.2, 0.25) is 0 Å². The first-order chi connectivity index (χ1) is 10.3. The summed E-state index contributed by atoms with van der Waals surface area (Å²) < 4.78 is 0.823. The van der Waals surface area contributed by atoms with E-state index in [0.29, 0.717) is 17.3 Å². The maximum Gasteiger partial charge on any atom is 0.182 e. The molecule has 0 spiro atoms. The zero-order valence-electron chi connectivity index (χ0n) is 11.3. The van der Waals surface area contributed by atoms with Gasteiger partial charge in [0.2, 0.25) is 0 Å². The Morgan fingerprint density at radius 1 is 1.05 bits per heavy atom. The highest BCUT2D eigenvalue weighted by molar-refractivity contribution is 9.10. The standard InChI is InChI=1S/C15H12BrN5/c1-17-15-12(16)13(10-5-3-2-4-6-10)20-14(21-15)11-9-18-7-8-19-11/h2-9H,1H3,(H,17,20,21). The molecule has 0 aliphatic carbocycles. The van der Waals surface area contributed by atoms with Crippen LogP contribution in [0.3, 0.4) is 0 Å². The molecule has 6 heteroatoms. The van der Waals surface area contributed by atoms with Gasteiger partial charge < -0.3 is 5.32 Å². The van der Waals surface area contributed by atoms with E-state index in [4.69, 9.17) is 0 Å². The Kier molecular flexibility index (Phi) is 3.87. The van der Waals surface area contributed by atoms with Gasteiger partial charge in [-0.2, -0.15) is 0 Å². The van der Waals surface area contributed by atoms with E-state index in [0.717, 1.165) is 15.7 Å². The molecule has 0 fully saturated rings. The SMILES string of the molecule is CNc1nc(-c2cnccn2)nc(-c2ccccc2)c1Br. The Bertz CT molecular complexity index is 747. The largest absolute Gasteiger partial charge is 0.372 e. The Labute approximate surface area is 130 Å². The maximum atomic E-state index is 4.62. The monoisotopic (exact) mass is 341 g/mol. The van der Waals surface area contributed by atoms with Gasteiger partial charge in [-0.15, -0.1) is 0 Å². The number of halogens is 1. The summed E-state index contributed by atoms with van der Waals surface area (Å²) in [7, 11) is 1.82. The first-order valence-electron chi connectivity index (χ1n) is 6.36. The summed E-state index contributed by atoms with van der Waals surface area (Å²) in [6.45, 7) is 0. The summed E-state index contributed by atoms with van der Waals surface area (Å²) in [6.07, 6.45) is 4.90. The van der Waals surface area contributed by atoms with Crippen molar-refractivity contribution < 1.29 is 0 Å². The molecule has 0 saturated carbocycles. The minimum Gasteiger partial charge on any atom is -0.372 e. The molecule has 104 valence electrons. The molecular weight excluding hydrogens is 330 g/mol. The van der Waals surface area contributed by atoms with Crippen molar-refractivity contribution in [2.75, 3.05) is 12.4 Å². The number of nitrogens with zero attached hydrogens (tertiary/aromatic N) is 4. The molecule has 2 heterocycles. The van der Waals surface area contributed by atoms with Crippen molar-refractivity contribution in [3.63, 3.8) is 0 Å². The Hall–Kier alpha value is -2.34. The van der Waals surface area contributed by atoms with Crippen molar-refractivity contribution in [2.45, 2.75) is 0 Å². The predicted octanol–water partition coefficient (Wildman–Crippen LogP) is 3.40. The quantitative estimate of drug-likeness (QED) is 0.790. The van der Waals surface area contributed by atoms with Crippen LogP contribution in [0.15, 0.2) is 53.4 Å². The van der Waals surface area contributed by atoms with Gasteiger partial charge in [0.1, 0.15) is 11.5 Å². The number of hydrogen-bond acceptors (Lipinski definition) is 5. The van der Waals surface area contributed by atoms with Gasteiger partial charge in [0.05, 0.1) is 16.4 Å². The fourth-order valence-electron chi connectivity index (χ4n) is 1.93. The molecule has 0 aliphatic heterocycles. The van der Waals surface area contributed by atoms with Gasteiger partial charge in [0.15, 0.2) is 5.82 Å². The second-order valence-corrected chi connectivity index (χ2v) is 5.06. The number of anilines is 1. The minimum atomic E-state index is 0.537. The maximum absolute atomic E-state index is 4.62. The normalized spacial score (nSPS) is 10.4. The van der Waals surface area contributed by atoms with E-state index in [-0.39, 0.29) is 0 Å². The van der Waals surface area contributed by atoms with Crippen LogP contribution in [0.5, 0.6) is 0 Å². The molecule has 1 aromatic carbocycles. The Morgan fingerprint density at radius 3 is 2.52 bits per heavy atom. The summed E-state index contributed by atoms with van der Waals surface area (Å²) in [6, 6.07) is 9.94. The first kappa shape index (κ1) is 13.6. The molecule has 0 saturated heterocycles. The molecule has 0 amide bonds. The smallest absolute Gasteiger partial charge is 0.182 e. The second-order valence-electron chi connectivity index (χ2n) is 4.27. The summed E-state index contributed by atoms with van der Waals surface area (Å²) >= 11 is 3.56. The van der Waals surface area contributed by atoms with E-state index >= 15 is 0 Å². The average Bonchev–Trinajstić information content (AvgIpc) is 2.56. The van der Waals surface area contributed by atoms with E-state index in [2.05, 4.69) is 41.2 Å². The molecule has 3 rings (SSSR count). The van der Waals surface area contributed by atoms with Gasteiger partial charge >= 0.3 is 0 Å². The third kappa shape index (κ3) is 2.75. The van der Waals surface area contributed by atoms with Crippen molar-refractivity contribution in [1.29, 1.82) is 0 Å². The molecule has 0 bridgehead atoms. The Balaban J connectivity index is 2.21. The molecule has 0 aliphatic rings. The van der Waals surface area contributed by atoms with Crippen LogP contribution in [-0.2, 0) is 0 Å². The summed E-state index contributed by atoms with van der Waals surface area (Å²) in [5.74, 6) is 1.25. The zero-order valence-corrected chi connectivity index (χ0v) is 12.9. The van der Waals surface area contributed by atoms with Gasteiger partial charge in [0.25, 0.3) is 0 Å². The van der Waals surface area contributed by atoms with Crippen LogP contribution in [0.25, 0.3) is 22.8 Å². The first-order valence-corrected chi connectivity index (χ1v) is 7.16. The molecule has 0 radical (unpaired) electrons. The number of aromatic nitrogens is 4. The zero-order chi connectivity index (χ0) is 14.7. The lowest BCUT2D eigenvalue weighted by Crippen LogP contribution is -2.02. The fourth-order valence-corrected chi connectivity index (χ4v) is 2.53. The topological polar surface area (TPSA) is 63.6 Å². The molecule has 3 aromatic rings. The fraction of sp³-hybridized carbons (Fsp3) is 0.0667. The highest BCUT2D eigenvalue weighted by Crippen LogP contribution is 2.32. The molecular formula is C15H12BrN5. The average molecular weight is 342 g/mol. The highest BCUT2D eigenvalue weighted by Gasteiger charge is 2.14. The van der Waals surface area contributed by atoms with E-state index in [1.54, 1.807) is 18.6 Å². The molecule has 0 atom stereocenters. The van der Waals surface area contributed by atoms with Crippen LogP contribution < -0.4 is 5.32 Å². The van der Waals surface area contributed by atoms with Crippen LogP contribution >= 0.6 is 15.9 Å². The van der Waals surface area contributed by atoms with Gasteiger partial charge in [-0.3, -0.25) is 4.98 Å². The summed E-state index contributed by atoms with van der Waals surface area (Å²) in [4.78, 5) is 17.4. The number of hydrogen-bond donors (Lipinski definition) is 1. The molecule has 21 heavy (non-hydrogen) atoms. The van der Waals surface area contributed by atoms with Gasteiger partial charge in [-0.25, -0.2) is 15.0 Å². The third-order valence-electron chi connectivity index (χ3n) is 2.93. The third-order valence-corrected chi connectivity index (χ3v) is 3.68.